The molecular weight excluding hydrogens is 188 g/mol. The SMILES string of the molecule is CNC(CCN)c1ccc2c(c1)CCO2. The molecule has 3 N–H and O–H groups in total. The molecule has 0 fully saturated rings. The maximum Gasteiger partial charge on any atom is 0.122 e. The lowest BCUT2D eigenvalue weighted by Gasteiger charge is -2.16. The highest BCUT2D eigenvalue weighted by Gasteiger charge is 2.15. The first-order valence-electron chi connectivity index (χ1n) is 5.48. The van der Waals surface area contributed by atoms with Crippen LogP contribution in [0.1, 0.15) is 23.6 Å². The largest absolute Gasteiger partial charge is 0.493 e. The first kappa shape index (κ1) is 10.5. The van der Waals surface area contributed by atoms with Gasteiger partial charge in [0.25, 0.3) is 0 Å². The molecular formula is C12H18N2O. The van der Waals surface area contributed by atoms with Crippen LogP contribution in [0.2, 0.25) is 0 Å². The van der Waals surface area contributed by atoms with E-state index in [1.807, 2.05) is 7.05 Å². The van der Waals surface area contributed by atoms with Crippen molar-refractivity contribution in [3.63, 3.8) is 0 Å². The molecule has 0 saturated heterocycles. The molecule has 1 unspecified atom stereocenters. The second kappa shape index (κ2) is 4.64. The molecule has 1 aromatic carbocycles. The Labute approximate surface area is 90.6 Å². The molecule has 1 heterocycles. The summed E-state index contributed by atoms with van der Waals surface area (Å²) >= 11 is 0. The average molecular weight is 206 g/mol. The van der Waals surface area contributed by atoms with E-state index in [4.69, 9.17) is 10.5 Å². The van der Waals surface area contributed by atoms with Crippen molar-refractivity contribution in [1.82, 2.24) is 5.32 Å². The number of hydrogen-bond acceptors (Lipinski definition) is 3. The summed E-state index contributed by atoms with van der Waals surface area (Å²) in [6, 6.07) is 6.79. The van der Waals surface area contributed by atoms with E-state index in [0.29, 0.717) is 12.6 Å². The van der Waals surface area contributed by atoms with Crippen LogP contribution in [0, 0.1) is 0 Å². The predicted octanol–water partition coefficient (Wildman–Crippen LogP) is 1.23. The summed E-state index contributed by atoms with van der Waals surface area (Å²) in [5.41, 5.74) is 8.23. The van der Waals surface area contributed by atoms with Crippen molar-refractivity contribution < 1.29 is 4.74 Å². The molecule has 0 radical (unpaired) electrons. The van der Waals surface area contributed by atoms with Gasteiger partial charge in [-0.05, 0) is 37.2 Å². The van der Waals surface area contributed by atoms with E-state index in [2.05, 4.69) is 23.5 Å². The van der Waals surface area contributed by atoms with Crippen molar-refractivity contribution >= 4 is 0 Å². The molecule has 1 atom stereocenters. The number of nitrogens with one attached hydrogen (secondary N) is 1. The Bertz CT molecular complexity index is 338. The molecule has 0 aliphatic carbocycles. The number of fused-ring (bicyclic) bond motifs is 1. The molecule has 3 nitrogen and oxygen atoms in total. The third-order valence-electron chi connectivity index (χ3n) is 2.92. The second-order valence-corrected chi connectivity index (χ2v) is 3.88. The standard InChI is InChI=1S/C12H18N2O/c1-14-11(4-6-13)9-2-3-12-10(8-9)5-7-15-12/h2-3,8,11,14H,4-7,13H2,1H3. The van der Waals surface area contributed by atoms with Gasteiger partial charge in [0.15, 0.2) is 0 Å². The van der Waals surface area contributed by atoms with Crippen LogP contribution >= 0.6 is 0 Å². The lowest BCUT2D eigenvalue weighted by atomic mass is 10.0. The van der Waals surface area contributed by atoms with E-state index in [-0.39, 0.29) is 0 Å². The van der Waals surface area contributed by atoms with Crippen LogP contribution in [0.4, 0.5) is 0 Å². The van der Waals surface area contributed by atoms with Gasteiger partial charge >= 0.3 is 0 Å². The zero-order valence-electron chi connectivity index (χ0n) is 9.12. The van der Waals surface area contributed by atoms with Crippen LogP contribution in [0.25, 0.3) is 0 Å². The fraction of sp³-hybridized carbons (Fsp3) is 0.500. The van der Waals surface area contributed by atoms with Gasteiger partial charge in [0, 0.05) is 12.5 Å². The Morgan fingerprint density at radius 1 is 1.53 bits per heavy atom. The zero-order chi connectivity index (χ0) is 10.7. The molecule has 15 heavy (non-hydrogen) atoms. The second-order valence-electron chi connectivity index (χ2n) is 3.88. The quantitative estimate of drug-likeness (QED) is 0.779. The highest BCUT2D eigenvalue weighted by molar-refractivity contribution is 5.40. The molecule has 1 aliphatic heterocycles. The minimum Gasteiger partial charge on any atom is -0.493 e. The minimum absolute atomic E-state index is 0.362. The van der Waals surface area contributed by atoms with E-state index < -0.39 is 0 Å². The van der Waals surface area contributed by atoms with Crippen molar-refractivity contribution in [2.45, 2.75) is 18.9 Å². The van der Waals surface area contributed by atoms with Crippen molar-refractivity contribution in [3.05, 3.63) is 29.3 Å². The number of rotatable bonds is 4. The molecule has 0 bridgehead atoms. The van der Waals surface area contributed by atoms with Gasteiger partial charge in [-0.1, -0.05) is 12.1 Å². The molecule has 1 aromatic rings. The molecule has 0 saturated carbocycles. The lowest BCUT2D eigenvalue weighted by Crippen LogP contribution is -2.19. The number of hydrogen-bond donors (Lipinski definition) is 2. The Kier molecular flexibility index (Phi) is 3.23. The highest BCUT2D eigenvalue weighted by Crippen LogP contribution is 2.28. The van der Waals surface area contributed by atoms with Gasteiger partial charge in [0.05, 0.1) is 6.61 Å². The predicted molar refractivity (Wildman–Crippen MR) is 61.1 cm³/mol. The fourth-order valence-corrected chi connectivity index (χ4v) is 2.07. The third kappa shape index (κ3) is 2.13. The first-order valence-corrected chi connectivity index (χ1v) is 5.48. The van der Waals surface area contributed by atoms with Gasteiger partial charge in [0.2, 0.25) is 0 Å². The normalized spacial score (nSPS) is 15.9. The molecule has 2 rings (SSSR count). The van der Waals surface area contributed by atoms with Gasteiger partial charge < -0.3 is 15.8 Å². The molecule has 0 amide bonds. The number of nitrogens with two attached hydrogens (primary N) is 1. The monoisotopic (exact) mass is 206 g/mol. The number of ether oxygens (including phenoxy) is 1. The fourth-order valence-electron chi connectivity index (χ4n) is 2.07. The zero-order valence-corrected chi connectivity index (χ0v) is 9.12. The Hall–Kier alpha value is -1.06. The smallest absolute Gasteiger partial charge is 0.122 e. The Morgan fingerprint density at radius 2 is 2.40 bits per heavy atom. The topological polar surface area (TPSA) is 47.3 Å². The van der Waals surface area contributed by atoms with Crippen LogP contribution in [-0.4, -0.2) is 20.2 Å². The van der Waals surface area contributed by atoms with Crippen molar-refractivity contribution in [2.75, 3.05) is 20.2 Å². The summed E-state index contributed by atoms with van der Waals surface area (Å²) in [5.74, 6) is 1.04. The molecule has 82 valence electrons. The maximum absolute atomic E-state index is 5.59. The van der Waals surface area contributed by atoms with Crippen molar-refractivity contribution in [3.8, 4) is 5.75 Å². The summed E-state index contributed by atoms with van der Waals surface area (Å²) in [7, 11) is 1.98. The van der Waals surface area contributed by atoms with E-state index in [1.165, 1.54) is 11.1 Å². The van der Waals surface area contributed by atoms with Gasteiger partial charge in [-0.3, -0.25) is 0 Å². The highest BCUT2D eigenvalue weighted by atomic mass is 16.5. The summed E-state index contributed by atoms with van der Waals surface area (Å²) in [6.45, 7) is 1.53. The average Bonchev–Trinajstić information content (AvgIpc) is 2.72. The van der Waals surface area contributed by atoms with E-state index in [0.717, 1.165) is 25.2 Å². The van der Waals surface area contributed by atoms with E-state index in [1.54, 1.807) is 0 Å². The summed E-state index contributed by atoms with van der Waals surface area (Å²) < 4.78 is 5.48. The Balaban J connectivity index is 2.20. The Morgan fingerprint density at radius 3 is 3.13 bits per heavy atom. The summed E-state index contributed by atoms with van der Waals surface area (Å²) in [5, 5.41) is 3.29. The molecule has 3 heteroatoms. The van der Waals surface area contributed by atoms with Crippen LogP contribution in [-0.2, 0) is 6.42 Å². The molecule has 0 spiro atoms. The van der Waals surface area contributed by atoms with Gasteiger partial charge in [-0.25, -0.2) is 0 Å². The minimum atomic E-state index is 0.362. The van der Waals surface area contributed by atoms with Crippen molar-refractivity contribution in [2.24, 2.45) is 5.73 Å². The molecule has 1 aliphatic rings. The van der Waals surface area contributed by atoms with Gasteiger partial charge in [0.1, 0.15) is 5.75 Å². The van der Waals surface area contributed by atoms with Crippen LogP contribution in [0.15, 0.2) is 18.2 Å². The maximum atomic E-state index is 5.59. The van der Waals surface area contributed by atoms with E-state index >= 15 is 0 Å². The molecule has 0 aromatic heterocycles. The van der Waals surface area contributed by atoms with E-state index in [9.17, 15) is 0 Å². The lowest BCUT2D eigenvalue weighted by molar-refractivity contribution is 0.356. The van der Waals surface area contributed by atoms with Crippen LogP contribution in [0.3, 0.4) is 0 Å². The first-order chi connectivity index (χ1) is 7.35. The van der Waals surface area contributed by atoms with Gasteiger partial charge in [-0.15, -0.1) is 0 Å². The van der Waals surface area contributed by atoms with Gasteiger partial charge in [-0.2, -0.15) is 0 Å². The third-order valence-corrected chi connectivity index (χ3v) is 2.92. The van der Waals surface area contributed by atoms with Crippen molar-refractivity contribution in [1.29, 1.82) is 0 Å². The number of benzene rings is 1. The summed E-state index contributed by atoms with van der Waals surface area (Å²) in [4.78, 5) is 0. The van der Waals surface area contributed by atoms with Crippen LogP contribution < -0.4 is 15.8 Å². The van der Waals surface area contributed by atoms with Crippen LogP contribution in [0.5, 0.6) is 5.75 Å². The summed E-state index contributed by atoms with van der Waals surface area (Å²) in [6.07, 6.45) is 2.00.